The molecule has 0 bridgehead atoms. The Kier molecular flexibility index (Phi) is 4.60. The van der Waals surface area contributed by atoms with Gasteiger partial charge in [0.1, 0.15) is 6.04 Å². The molecule has 1 aromatic carbocycles. The van der Waals surface area contributed by atoms with Gasteiger partial charge in [-0.25, -0.2) is 0 Å². The molecule has 1 unspecified atom stereocenters. The molecule has 0 fully saturated rings. The number of carboxylic acid groups (broad SMARTS) is 1. The second kappa shape index (κ2) is 4.98. The Balaban J connectivity index is 0.00000169. The molecule has 0 heterocycles. The van der Waals surface area contributed by atoms with Crippen molar-refractivity contribution in [2.24, 2.45) is 5.73 Å². The third kappa shape index (κ3) is 2.47. The maximum atomic E-state index is 10.6. The van der Waals surface area contributed by atoms with Gasteiger partial charge < -0.3 is 10.8 Å². The molecule has 0 aliphatic carbocycles. The summed E-state index contributed by atoms with van der Waals surface area (Å²) in [5.74, 6) is -0.992. The average molecular weight is 216 g/mol. The number of nitrogens with two attached hydrogens (primary N) is 1. The Morgan fingerprint density at radius 2 is 2.00 bits per heavy atom. The minimum atomic E-state index is -0.992. The first kappa shape index (κ1) is 12.9. The van der Waals surface area contributed by atoms with Crippen molar-refractivity contribution in [2.75, 3.05) is 0 Å². The van der Waals surface area contributed by atoms with Crippen molar-refractivity contribution < 1.29 is 9.90 Å². The normalized spacial score (nSPS) is 11.6. The van der Waals surface area contributed by atoms with Crippen LogP contribution in [0, 0.1) is 13.8 Å². The van der Waals surface area contributed by atoms with Crippen molar-refractivity contribution in [1.29, 1.82) is 0 Å². The monoisotopic (exact) mass is 215 g/mol. The number of carbonyl (C=O) groups is 1. The maximum Gasteiger partial charge on any atom is 0.325 e. The summed E-state index contributed by atoms with van der Waals surface area (Å²) in [4.78, 5) is 10.6. The maximum absolute atomic E-state index is 10.6. The first-order chi connectivity index (χ1) is 6.04. The molecule has 1 atom stereocenters. The van der Waals surface area contributed by atoms with Gasteiger partial charge in [-0.3, -0.25) is 4.79 Å². The summed E-state index contributed by atoms with van der Waals surface area (Å²) in [6.45, 7) is 3.82. The molecule has 1 aromatic rings. The van der Waals surface area contributed by atoms with Crippen LogP contribution in [0.5, 0.6) is 0 Å². The smallest absolute Gasteiger partial charge is 0.325 e. The molecule has 0 amide bonds. The van der Waals surface area contributed by atoms with Crippen LogP contribution in [-0.4, -0.2) is 11.1 Å². The lowest BCUT2D eigenvalue weighted by molar-refractivity contribution is -0.138. The lowest BCUT2D eigenvalue weighted by Gasteiger charge is -2.11. The lowest BCUT2D eigenvalue weighted by atomic mass is 9.98. The molecule has 0 spiro atoms. The number of carboxylic acids is 1. The molecular formula is C10H14ClNO2. The number of halogens is 1. The van der Waals surface area contributed by atoms with Crippen LogP contribution in [-0.2, 0) is 4.79 Å². The molecule has 0 aromatic heterocycles. The molecular weight excluding hydrogens is 202 g/mol. The number of hydrogen-bond donors (Lipinski definition) is 2. The van der Waals surface area contributed by atoms with Crippen molar-refractivity contribution in [2.45, 2.75) is 19.9 Å². The van der Waals surface area contributed by atoms with Gasteiger partial charge in [0.15, 0.2) is 0 Å². The van der Waals surface area contributed by atoms with E-state index in [0.29, 0.717) is 5.56 Å². The van der Waals surface area contributed by atoms with Crippen LogP contribution in [0.3, 0.4) is 0 Å². The number of aliphatic carboxylic acids is 1. The van der Waals surface area contributed by atoms with Gasteiger partial charge in [0.25, 0.3) is 0 Å². The molecule has 1 rings (SSSR count). The van der Waals surface area contributed by atoms with Gasteiger partial charge >= 0.3 is 5.97 Å². The van der Waals surface area contributed by atoms with Gasteiger partial charge in [0.2, 0.25) is 0 Å². The topological polar surface area (TPSA) is 63.3 Å². The van der Waals surface area contributed by atoms with Gasteiger partial charge in [0, 0.05) is 0 Å². The summed E-state index contributed by atoms with van der Waals surface area (Å²) in [5, 5.41) is 8.73. The standard InChI is InChI=1S/C10H13NO2.ClH/c1-6-4-3-5-8(7(6)2)9(11)10(12)13;/h3-5,9H,11H2,1-2H3,(H,12,13);1H. The van der Waals surface area contributed by atoms with E-state index < -0.39 is 12.0 Å². The van der Waals surface area contributed by atoms with Crippen LogP contribution < -0.4 is 5.73 Å². The van der Waals surface area contributed by atoms with Crippen LogP contribution in [0.4, 0.5) is 0 Å². The van der Waals surface area contributed by atoms with Crippen LogP contribution in [0.15, 0.2) is 18.2 Å². The number of aryl methyl sites for hydroxylation is 1. The highest BCUT2D eigenvalue weighted by Gasteiger charge is 2.16. The highest BCUT2D eigenvalue weighted by Crippen LogP contribution is 2.18. The number of rotatable bonds is 2. The molecule has 0 radical (unpaired) electrons. The lowest BCUT2D eigenvalue weighted by Crippen LogP contribution is -2.21. The first-order valence-corrected chi connectivity index (χ1v) is 4.08. The predicted molar refractivity (Wildman–Crippen MR) is 57.7 cm³/mol. The zero-order chi connectivity index (χ0) is 10.0. The Hall–Kier alpha value is -1.06. The van der Waals surface area contributed by atoms with Crippen molar-refractivity contribution in [1.82, 2.24) is 0 Å². The van der Waals surface area contributed by atoms with E-state index in [1.54, 1.807) is 6.07 Å². The Morgan fingerprint density at radius 1 is 1.43 bits per heavy atom. The third-order valence-corrected chi connectivity index (χ3v) is 2.25. The highest BCUT2D eigenvalue weighted by molar-refractivity contribution is 5.85. The van der Waals surface area contributed by atoms with Gasteiger partial charge in [-0.05, 0) is 30.5 Å². The molecule has 0 saturated carbocycles. The SMILES string of the molecule is Cc1cccc(C(N)C(=O)O)c1C.Cl. The highest BCUT2D eigenvalue weighted by atomic mass is 35.5. The Morgan fingerprint density at radius 3 is 2.50 bits per heavy atom. The Bertz CT molecular complexity index is 339. The predicted octanol–water partition coefficient (Wildman–Crippen LogP) is 1.81. The van der Waals surface area contributed by atoms with E-state index in [0.717, 1.165) is 11.1 Å². The van der Waals surface area contributed by atoms with Crippen LogP contribution in [0.2, 0.25) is 0 Å². The summed E-state index contributed by atoms with van der Waals surface area (Å²) in [6, 6.07) is 4.59. The average Bonchev–Trinajstić information content (AvgIpc) is 2.08. The quantitative estimate of drug-likeness (QED) is 0.791. The molecule has 78 valence electrons. The van der Waals surface area contributed by atoms with Gasteiger partial charge in [-0.2, -0.15) is 0 Å². The largest absolute Gasteiger partial charge is 0.480 e. The first-order valence-electron chi connectivity index (χ1n) is 4.08. The van der Waals surface area contributed by atoms with E-state index in [2.05, 4.69) is 0 Å². The second-order valence-corrected chi connectivity index (χ2v) is 3.11. The Labute approximate surface area is 89.3 Å². The van der Waals surface area contributed by atoms with Crippen LogP contribution >= 0.6 is 12.4 Å². The fraction of sp³-hybridized carbons (Fsp3) is 0.300. The van der Waals surface area contributed by atoms with Gasteiger partial charge in [0.05, 0.1) is 0 Å². The van der Waals surface area contributed by atoms with E-state index in [1.165, 1.54) is 0 Å². The molecule has 0 saturated heterocycles. The summed E-state index contributed by atoms with van der Waals surface area (Å²) in [6.07, 6.45) is 0. The van der Waals surface area contributed by atoms with E-state index in [4.69, 9.17) is 10.8 Å². The van der Waals surface area contributed by atoms with E-state index in [1.807, 2.05) is 26.0 Å². The van der Waals surface area contributed by atoms with Crippen LogP contribution in [0.25, 0.3) is 0 Å². The number of benzene rings is 1. The second-order valence-electron chi connectivity index (χ2n) is 3.11. The molecule has 3 nitrogen and oxygen atoms in total. The fourth-order valence-corrected chi connectivity index (χ4v) is 1.24. The minimum Gasteiger partial charge on any atom is -0.480 e. The minimum absolute atomic E-state index is 0. The zero-order valence-corrected chi connectivity index (χ0v) is 8.97. The van der Waals surface area contributed by atoms with E-state index in [-0.39, 0.29) is 12.4 Å². The third-order valence-electron chi connectivity index (χ3n) is 2.25. The number of hydrogen-bond acceptors (Lipinski definition) is 2. The van der Waals surface area contributed by atoms with Crippen molar-refractivity contribution in [3.63, 3.8) is 0 Å². The fourth-order valence-electron chi connectivity index (χ4n) is 1.24. The molecule has 0 aliphatic heterocycles. The summed E-state index contributed by atoms with van der Waals surface area (Å²) in [7, 11) is 0. The summed E-state index contributed by atoms with van der Waals surface area (Å²) >= 11 is 0. The van der Waals surface area contributed by atoms with Gasteiger partial charge in [-0.15, -0.1) is 12.4 Å². The van der Waals surface area contributed by atoms with E-state index in [9.17, 15) is 4.79 Å². The van der Waals surface area contributed by atoms with E-state index >= 15 is 0 Å². The molecule has 14 heavy (non-hydrogen) atoms. The summed E-state index contributed by atoms with van der Waals surface area (Å²) < 4.78 is 0. The summed E-state index contributed by atoms with van der Waals surface area (Å²) in [5.41, 5.74) is 8.22. The zero-order valence-electron chi connectivity index (χ0n) is 8.15. The van der Waals surface area contributed by atoms with Crippen molar-refractivity contribution in [3.05, 3.63) is 34.9 Å². The van der Waals surface area contributed by atoms with Crippen molar-refractivity contribution >= 4 is 18.4 Å². The van der Waals surface area contributed by atoms with Crippen LogP contribution in [0.1, 0.15) is 22.7 Å². The molecule has 3 N–H and O–H groups in total. The van der Waals surface area contributed by atoms with Gasteiger partial charge in [-0.1, -0.05) is 18.2 Å². The molecule has 4 heteroatoms. The van der Waals surface area contributed by atoms with Crippen molar-refractivity contribution in [3.8, 4) is 0 Å². The molecule has 0 aliphatic rings.